The molecule has 2 fully saturated rings. The van der Waals surface area contributed by atoms with Gasteiger partial charge in [-0.15, -0.1) is 0 Å². The van der Waals surface area contributed by atoms with E-state index in [9.17, 15) is 18.0 Å². The van der Waals surface area contributed by atoms with E-state index in [0.29, 0.717) is 70.7 Å². The first kappa shape index (κ1) is 26.0. The molecule has 1 atom stereocenters. The largest absolute Gasteiger partial charge is 0.486 e. The second-order valence-electron chi connectivity index (χ2n) is 10.0. The van der Waals surface area contributed by atoms with E-state index >= 15 is 0 Å². The maximum Gasteiger partial charge on any atom is 0.405 e. The van der Waals surface area contributed by atoms with Crippen LogP contribution in [0.5, 0.6) is 5.75 Å². The van der Waals surface area contributed by atoms with Crippen molar-refractivity contribution >= 4 is 34.0 Å². The smallest absolute Gasteiger partial charge is 0.405 e. The average Bonchev–Trinajstić information content (AvgIpc) is 3.60. The quantitative estimate of drug-likeness (QED) is 0.415. The van der Waals surface area contributed by atoms with Crippen molar-refractivity contribution in [3.05, 3.63) is 57.0 Å². The van der Waals surface area contributed by atoms with E-state index in [2.05, 4.69) is 16.8 Å². The first-order valence-corrected chi connectivity index (χ1v) is 13.1. The van der Waals surface area contributed by atoms with Gasteiger partial charge in [0.2, 0.25) is 0 Å². The second-order valence-corrected chi connectivity index (χ2v) is 10.4. The van der Waals surface area contributed by atoms with E-state index in [0.717, 1.165) is 6.42 Å². The number of rotatable bonds is 3. The SMILES string of the molecule is Cn1c(=O)nc(N2CCOCc3c(C#CC4(C(F)(F)F)CC4)cccc32)c2cc(Cl)c(O[C@H]3CCOC3)cc21. The minimum Gasteiger partial charge on any atom is -0.486 e. The van der Waals surface area contributed by atoms with Gasteiger partial charge in [0.15, 0.2) is 0 Å². The Labute approximate surface area is 227 Å². The molecule has 0 bridgehead atoms. The summed E-state index contributed by atoms with van der Waals surface area (Å²) in [6.45, 7) is 1.92. The highest BCUT2D eigenvalue weighted by Crippen LogP contribution is 2.57. The molecule has 0 N–H and O–H groups in total. The molecule has 2 aliphatic heterocycles. The predicted molar refractivity (Wildman–Crippen MR) is 140 cm³/mol. The third-order valence-corrected chi connectivity index (χ3v) is 7.75. The molecule has 6 rings (SSSR count). The molecule has 3 aromatic rings. The zero-order valence-corrected chi connectivity index (χ0v) is 21.9. The third kappa shape index (κ3) is 4.73. The maximum absolute atomic E-state index is 13.5. The lowest BCUT2D eigenvalue weighted by Gasteiger charge is -2.26. The van der Waals surface area contributed by atoms with Gasteiger partial charge in [0.1, 0.15) is 23.1 Å². The summed E-state index contributed by atoms with van der Waals surface area (Å²) in [5, 5.41) is 0.986. The van der Waals surface area contributed by atoms with Crippen LogP contribution < -0.4 is 15.3 Å². The molecular formula is C28H25ClF3N3O4. The highest BCUT2D eigenvalue weighted by molar-refractivity contribution is 6.33. The zero-order chi connectivity index (χ0) is 27.4. The topological polar surface area (TPSA) is 65.8 Å². The van der Waals surface area contributed by atoms with Crippen molar-refractivity contribution in [3.63, 3.8) is 0 Å². The summed E-state index contributed by atoms with van der Waals surface area (Å²) < 4.78 is 59.1. The predicted octanol–water partition coefficient (Wildman–Crippen LogP) is 5.12. The highest BCUT2D eigenvalue weighted by atomic mass is 35.5. The summed E-state index contributed by atoms with van der Waals surface area (Å²) >= 11 is 6.63. The molecule has 39 heavy (non-hydrogen) atoms. The van der Waals surface area contributed by atoms with Crippen molar-refractivity contribution in [1.29, 1.82) is 0 Å². The van der Waals surface area contributed by atoms with Crippen LogP contribution in [0, 0.1) is 17.3 Å². The number of benzene rings is 2. The van der Waals surface area contributed by atoms with Crippen molar-refractivity contribution in [1.82, 2.24) is 9.55 Å². The summed E-state index contributed by atoms with van der Waals surface area (Å²) in [5.74, 6) is 6.08. The number of alkyl halides is 3. The highest BCUT2D eigenvalue weighted by Gasteiger charge is 2.62. The van der Waals surface area contributed by atoms with Gasteiger partial charge in [-0.25, -0.2) is 4.79 Å². The number of aryl methyl sites for hydroxylation is 1. The van der Waals surface area contributed by atoms with Gasteiger partial charge in [0, 0.05) is 48.3 Å². The summed E-state index contributed by atoms with van der Waals surface area (Å²) in [5.41, 5.74) is -0.0760. The lowest BCUT2D eigenvalue weighted by Crippen LogP contribution is -2.28. The van der Waals surface area contributed by atoms with E-state index < -0.39 is 17.3 Å². The zero-order valence-electron chi connectivity index (χ0n) is 21.1. The van der Waals surface area contributed by atoms with Gasteiger partial charge in [-0.1, -0.05) is 29.5 Å². The normalized spacial score (nSPS) is 20.2. The molecule has 0 unspecified atom stereocenters. The molecule has 3 heterocycles. The van der Waals surface area contributed by atoms with E-state index in [1.54, 1.807) is 31.3 Å². The number of hydrogen-bond acceptors (Lipinski definition) is 6. The minimum atomic E-state index is -4.37. The van der Waals surface area contributed by atoms with Gasteiger partial charge >= 0.3 is 11.9 Å². The van der Waals surface area contributed by atoms with Crippen LogP contribution in [0.4, 0.5) is 24.7 Å². The van der Waals surface area contributed by atoms with Crippen LogP contribution in [0.2, 0.25) is 5.02 Å². The Morgan fingerprint density at radius 3 is 2.74 bits per heavy atom. The van der Waals surface area contributed by atoms with Crippen LogP contribution >= 0.6 is 11.6 Å². The van der Waals surface area contributed by atoms with Crippen LogP contribution in [0.3, 0.4) is 0 Å². The van der Waals surface area contributed by atoms with Gasteiger partial charge in [-0.2, -0.15) is 18.2 Å². The molecule has 0 amide bonds. The Morgan fingerprint density at radius 2 is 2.03 bits per heavy atom. The third-order valence-electron chi connectivity index (χ3n) is 7.45. The van der Waals surface area contributed by atoms with E-state index in [4.69, 9.17) is 25.8 Å². The van der Waals surface area contributed by atoms with Gasteiger partial charge in [0.25, 0.3) is 0 Å². The average molecular weight is 560 g/mol. The van der Waals surface area contributed by atoms with Crippen molar-refractivity contribution in [2.75, 3.05) is 31.3 Å². The molecule has 1 saturated heterocycles. The number of ether oxygens (including phenoxy) is 3. The molecular weight excluding hydrogens is 535 g/mol. The number of nitrogens with zero attached hydrogens (tertiary/aromatic N) is 3. The van der Waals surface area contributed by atoms with Crippen LogP contribution in [0.25, 0.3) is 10.9 Å². The van der Waals surface area contributed by atoms with E-state index in [1.807, 2.05) is 11.0 Å². The fourth-order valence-electron chi connectivity index (χ4n) is 4.97. The number of aromatic nitrogens is 2. The van der Waals surface area contributed by atoms with Gasteiger partial charge < -0.3 is 19.1 Å². The first-order chi connectivity index (χ1) is 18.7. The first-order valence-electron chi connectivity index (χ1n) is 12.7. The molecule has 1 aromatic heterocycles. The summed E-state index contributed by atoms with van der Waals surface area (Å²) in [4.78, 5) is 19.2. The number of halogens is 4. The number of fused-ring (bicyclic) bond motifs is 2. The molecule has 0 spiro atoms. The van der Waals surface area contributed by atoms with Crippen LogP contribution in [0.15, 0.2) is 35.1 Å². The van der Waals surface area contributed by atoms with Crippen molar-refractivity contribution < 1.29 is 27.4 Å². The standard InChI is InChI=1S/C28H25ClF3N3O4/c1-34-23-14-24(39-18-6-11-37-15-18)21(29)13-19(23)25(33-26(34)36)35-10-12-38-16-20-17(3-2-4-22(20)35)5-7-27(8-9-27)28(30,31)32/h2-4,13-14,18H,6,8-12,15-16H2,1H3/t18-/m0/s1. The minimum absolute atomic E-state index is 0.00456. The molecule has 1 aliphatic carbocycles. The maximum atomic E-state index is 13.5. The molecule has 3 aliphatic rings. The number of anilines is 2. The lowest BCUT2D eigenvalue weighted by molar-refractivity contribution is -0.168. The van der Waals surface area contributed by atoms with Crippen molar-refractivity contribution in [2.24, 2.45) is 12.5 Å². The van der Waals surface area contributed by atoms with Crippen LogP contribution in [0.1, 0.15) is 30.4 Å². The number of hydrogen-bond donors (Lipinski definition) is 0. The van der Waals surface area contributed by atoms with Crippen LogP contribution in [-0.2, 0) is 23.1 Å². The molecule has 2 aromatic carbocycles. The molecule has 0 radical (unpaired) electrons. The Kier molecular flexibility index (Phi) is 6.49. The Balaban J connectivity index is 1.45. The second kappa shape index (κ2) is 9.73. The van der Waals surface area contributed by atoms with Crippen molar-refractivity contribution in [3.8, 4) is 17.6 Å². The molecule has 7 nitrogen and oxygen atoms in total. The fourth-order valence-corrected chi connectivity index (χ4v) is 5.18. The lowest BCUT2D eigenvalue weighted by atomic mass is 10.0. The Morgan fingerprint density at radius 1 is 1.21 bits per heavy atom. The fraction of sp³-hybridized carbons (Fsp3) is 0.429. The van der Waals surface area contributed by atoms with Gasteiger partial charge in [0.05, 0.1) is 37.0 Å². The van der Waals surface area contributed by atoms with Gasteiger partial charge in [-0.3, -0.25) is 4.57 Å². The monoisotopic (exact) mass is 559 g/mol. The van der Waals surface area contributed by atoms with E-state index in [-0.39, 0.29) is 25.6 Å². The molecule has 1 saturated carbocycles. The molecule has 204 valence electrons. The Bertz CT molecular complexity index is 1570. The van der Waals surface area contributed by atoms with Gasteiger partial charge in [-0.05, 0) is 31.0 Å². The summed E-state index contributed by atoms with van der Waals surface area (Å²) in [6, 6.07) is 8.70. The van der Waals surface area contributed by atoms with Crippen LogP contribution in [-0.4, -0.2) is 48.2 Å². The Hall–Kier alpha value is -3.26. The molecule has 11 heteroatoms. The van der Waals surface area contributed by atoms with E-state index in [1.165, 1.54) is 4.57 Å². The van der Waals surface area contributed by atoms with Crippen molar-refractivity contribution in [2.45, 2.75) is 38.1 Å². The summed E-state index contributed by atoms with van der Waals surface area (Å²) in [6.07, 6.45) is -3.74. The summed E-state index contributed by atoms with van der Waals surface area (Å²) in [7, 11) is 1.62.